The van der Waals surface area contributed by atoms with E-state index in [-0.39, 0.29) is 5.25 Å². The van der Waals surface area contributed by atoms with Crippen LogP contribution in [-0.2, 0) is 11.1 Å². The van der Waals surface area contributed by atoms with Gasteiger partial charge in [0.25, 0.3) is 0 Å². The van der Waals surface area contributed by atoms with Crippen LogP contribution in [0.15, 0.2) is 0 Å². The van der Waals surface area contributed by atoms with Gasteiger partial charge in [0.15, 0.2) is 0 Å². The van der Waals surface area contributed by atoms with Gasteiger partial charge in [0.05, 0.1) is 0 Å². The van der Waals surface area contributed by atoms with E-state index in [1.807, 2.05) is 0 Å². The summed E-state index contributed by atoms with van der Waals surface area (Å²) in [6, 6.07) is 0. The third kappa shape index (κ3) is 1.29. The Balaban J connectivity index is 2.32. The molecule has 1 saturated carbocycles. The Labute approximate surface area is 51.6 Å². The second-order valence-corrected chi connectivity index (χ2v) is 3.57. The van der Waals surface area contributed by atoms with Crippen molar-refractivity contribution in [1.29, 1.82) is 0 Å². The molecule has 3 heteroatoms. The maximum atomic E-state index is 10.2. The molecular formula is C5H9O2S-. The molecule has 0 aromatic heterocycles. The van der Waals surface area contributed by atoms with Crippen LogP contribution >= 0.6 is 0 Å². The molecule has 0 aromatic rings. The third-order valence-corrected chi connectivity index (χ3v) is 2.58. The average molecular weight is 133 g/mol. The standard InChI is InChI=1S/C5H10O2S/c1-4(8(6)7)5-2-3-5/h4-5H,2-3H2,1H3,(H,6,7)/p-1. The molecular weight excluding hydrogens is 124 g/mol. The molecule has 0 heterocycles. The highest BCUT2D eigenvalue weighted by Crippen LogP contribution is 2.34. The lowest BCUT2D eigenvalue weighted by atomic mass is 10.3. The van der Waals surface area contributed by atoms with Crippen LogP contribution in [0, 0.1) is 5.92 Å². The first-order chi connectivity index (χ1) is 3.72. The minimum absolute atomic E-state index is 0.102. The van der Waals surface area contributed by atoms with Crippen molar-refractivity contribution in [3.05, 3.63) is 0 Å². The molecule has 1 aliphatic rings. The predicted molar refractivity (Wildman–Crippen MR) is 31.1 cm³/mol. The van der Waals surface area contributed by atoms with E-state index < -0.39 is 11.1 Å². The topological polar surface area (TPSA) is 40.1 Å². The fourth-order valence-corrected chi connectivity index (χ4v) is 1.31. The van der Waals surface area contributed by atoms with Crippen LogP contribution in [0.1, 0.15) is 19.8 Å². The second kappa shape index (κ2) is 2.15. The minimum atomic E-state index is -1.83. The van der Waals surface area contributed by atoms with Crippen molar-refractivity contribution >= 4 is 11.1 Å². The van der Waals surface area contributed by atoms with Crippen LogP contribution in [0.2, 0.25) is 0 Å². The Bertz CT molecular complexity index is 109. The van der Waals surface area contributed by atoms with Crippen LogP contribution in [0.5, 0.6) is 0 Å². The van der Waals surface area contributed by atoms with Crippen LogP contribution in [-0.4, -0.2) is 14.0 Å². The number of hydrogen-bond acceptors (Lipinski definition) is 2. The Kier molecular flexibility index (Phi) is 1.68. The van der Waals surface area contributed by atoms with Gasteiger partial charge in [0.1, 0.15) is 0 Å². The molecule has 0 spiro atoms. The lowest BCUT2D eigenvalue weighted by Gasteiger charge is -2.11. The largest absolute Gasteiger partial charge is 0.772 e. The smallest absolute Gasteiger partial charge is 0.0215 e. The Morgan fingerprint density at radius 2 is 2.25 bits per heavy atom. The molecule has 2 atom stereocenters. The maximum Gasteiger partial charge on any atom is 0.0215 e. The zero-order chi connectivity index (χ0) is 6.15. The summed E-state index contributed by atoms with van der Waals surface area (Å²) < 4.78 is 20.4. The van der Waals surface area contributed by atoms with E-state index in [0.717, 1.165) is 12.8 Å². The van der Waals surface area contributed by atoms with Gasteiger partial charge in [-0.2, -0.15) is 0 Å². The van der Waals surface area contributed by atoms with Gasteiger partial charge in [-0.25, -0.2) is 0 Å². The third-order valence-electron chi connectivity index (χ3n) is 1.59. The lowest BCUT2D eigenvalue weighted by molar-refractivity contribution is 0.518. The van der Waals surface area contributed by atoms with E-state index in [1.165, 1.54) is 0 Å². The molecule has 0 radical (unpaired) electrons. The highest BCUT2D eigenvalue weighted by molar-refractivity contribution is 7.79. The molecule has 1 aliphatic carbocycles. The van der Waals surface area contributed by atoms with Gasteiger partial charge in [-0.15, -0.1) is 0 Å². The van der Waals surface area contributed by atoms with E-state index in [2.05, 4.69) is 0 Å². The quantitative estimate of drug-likeness (QED) is 0.519. The first-order valence-electron chi connectivity index (χ1n) is 2.80. The average Bonchev–Trinajstić information content (AvgIpc) is 2.43. The van der Waals surface area contributed by atoms with Crippen LogP contribution < -0.4 is 0 Å². The van der Waals surface area contributed by atoms with Gasteiger partial charge in [-0.1, -0.05) is 18.0 Å². The van der Waals surface area contributed by atoms with Crippen molar-refractivity contribution in [3.63, 3.8) is 0 Å². The van der Waals surface area contributed by atoms with Gasteiger partial charge in [0, 0.05) is 5.25 Å². The predicted octanol–water partition coefficient (Wildman–Crippen LogP) is 0.664. The molecule has 0 N–H and O–H groups in total. The zero-order valence-electron chi connectivity index (χ0n) is 4.79. The SMILES string of the molecule is CC(C1CC1)S(=O)[O-]. The monoisotopic (exact) mass is 133 g/mol. The van der Waals surface area contributed by atoms with Crippen molar-refractivity contribution in [3.8, 4) is 0 Å². The maximum absolute atomic E-state index is 10.2. The molecule has 0 aliphatic heterocycles. The first kappa shape index (κ1) is 6.23. The number of hydrogen-bond donors (Lipinski definition) is 0. The van der Waals surface area contributed by atoms with Crippen molar-refractivity contribution in [1.82, 2.24) is 0 Å². The summed E-state index contributed by atoms with van der Waals surface area (Å²) >= 11 is -1.83. The Hall–Kier alpha value is 0.110. The molecule has 0 saturated heterocycles. The Morgan fingerprint density at radius 1 is 1.75 bits per heavy atom. The van der Waals surface area contributed by atoms with E-state index in [0.29, 0.717) is 5.92 Å². The summed E-state index contributed by atoms with van der Waals surface area (Å²) in [7, 11) is 0. The highest BCUT2D eigenvalue weighted by atomic mass is 32.2. The molecule has 1 fully saturated rings. The summed E-state index contributed by atoms with van der Waals surface area (Å²) in [5.74, 6) is 0.480. The van der Waals surface area contributed by atoms with Crippen molar-refractivity contribution in [2.45, 2.75) is 25.0 Å². The normalized spacial score (nSPS) is 27.2. The van der Waals surface area contributed by atoms with Crippen molar-refractivity contribution in [2.75, 3.05) is 0 Å². The van der Waals surface area contributed by atoms with Crippen molar-refractivity contribution < 1.29 is 8.76 Å². The molecule has 2 unspecified atom stereocenters. The fourth-order valence-electron chi connectivity index (χ4n) is 0.723. The molecule has 0 amide bonds. The molecule has 0 aromatic carbocycles. The van der Waals surface area contributed by atoms with Gasteiger partial charge < -0.3 is 4.55 Å². The molecule has 1 rings (SSSR count). The van der Waals surface area contributed by atoms with E-state index in [9.17, 15) is 8.76 Å². The molecule has 48 valence electrons. The van der Waals surface area contributed by atoms with Gasteiger partial charge in [-0.3, -0.25) is 4.21 Å². The summed E-state index contributed by atoms with van der Waals surface area (Å²) in [5, 5.41) is -0.102. The van der Waals surface area contributed by atoms with Crippen LogP contribution in [0.4, 0.5) is 0 Å². The lowest BCUT2D eigenvalue weighted by Crippen LogP contribution is -2.11. The van der Waals surface area contributed by atoms with Crippen LogP contribution in [0.25, 0.3) is 0 Å². The van der Waals surface area contributed by atoms with Gasteiger partial charge in [-0.05, 0) is 18.8 Å². The summed E-state index contributed by atoms with van der Waals surface area (Å²) in [5.41, 5.74) is 0. The summed E-state index contributed by atoms with van der Waals surface area (Å²) in [6.07, 6.45) is 2.21. The van der Waals surface area contributed by atoms with Crippen LogP contribution in [0.3, 0.4) is 0 Å². The van der Waals surface area contributed by atoms with E-state index in [1.54, 1.807) is 6.92 Å². The fraction of sp³-hybridized carbons (Fsp3) is 1.00. The van der Waals surface area contributed by atoms with E-state index in [4.69, 9.17) is 0 Å². The molecule has 0 bridgehead atoms. The summed E-state index contributed by atoms with van der Waals surface area (Å²) in [4.78, 5) is 0. The Morgan fingerprint density at radius 3 is 2.38 bits per heavy atom. The minimum Gasteiger partial charge on any atom is -0.772 e. The number of rotatable bonds is 2. The van der Waals surface area contributed by atoms with Gasteiger partial charge in [0.2, 0.25) is 0 Å². The summed E-state index contributed by atoms with van der Waals surface area (Å²) in [6.45, 7) is 1.76. The zero-order valence-corrected chi connectivity index (χ0v) is 5.61. The first-order valence-corrected chi connectivity index (χ1v) is 3.93. The molecule has 8 heavy (non-hydrogen) atoms. The van der Waals surface area contributed by atoms with Crippen molar-refractivity contribution in [2.24, 2.45) is 5.92 Å². The second-order valence-electron chi connectivity index (χ2n) is 2.30. The molecule has 2 nitrogen and oxygen atoms in total. The highest BCUT2D eigenvalue weighted by Gasteiger charge is 2.28. The van der Waals surface area contributed by atoms with Gasteiger partial charge >= 0.3 is 0 Å². The van der Waals surface area contributed by atoms with E-state index >= 15 is 0 Å².